The van der Waals surface area contributed by atoms with E-state index >= 15 is 0 Å². The number of halogens is 1. The van der Waals surface area contributed by atoms with Crippen molar-refractivity contribution >= 4 is 15.9 Å². The summed E-state index contributed by atoms with van der Waals surface area (Å²) in [4.78, 5) is 0. The maximum absolute atomic E-state index is 3.54. The molecule has 0 saturated heterocycles. The molecule has 0 saturated carbocycles. The molecule has 1 rings (SSSR count). The molecule has 0 unspecified atom stereocenters. The molecule has 0 aromatic heterocycles. The molecule has 0 atom stereocenters. The van der Waals surface area contributed by atoms with Crippen molar-refractivity contribution in [3.63, 3.8) is 0 Å². The van der Waals surface area contributed by atoms with Crippen molar-refractivity contribution in [2.45, 2.75) is 13.5 Å². The Kier molecular flexibility index (Phi) is 3.09. The van der Waals surface area contributed by atoms with Crippen molar-refractivity contribution in [2.75, 3.05) is 7.05 Å². The van der Waals surface area contributed by atoms with Gasteiger partial charge < -0.3 is 5.32 Å². The smallest absolute Gasteiger partial charge is 0.0249 e. The van der Waals surface area contributed by atoms with Crippen molar-refractivity contribution in [1.29, 1.82) is 0 Å². The van der Waals surface area contributed by atoms with Gasteiger partial charge in [0.2, 0.25) is 0 Å². The molecule has 0 fully saturated rings. The second-order valence-corrected chi connectivity index (χ2v) is 3.37. The third-order valence-electron chi connectivity index (χ3n) is 1.64. The predicted molar refractivity (Wildman–Crippen MR) is 51.6 cm³/mol. The highest BCUT2D eigenvalue weighted by Crippen LogP contribution is 2.20. The first-order valence-electron chi connectivity index (χ1n) is 3.64. The van der Waals surface area contributed by atoms with Gasteiger partial charge in [0, 0.05) is 11.0 Å². The monoisotopic (exact) mass is 213 g/mol. The number of hydrogen-bond acceptors (Lipinski definition) is 1. The average molecular weight is 214 g/mol. The van der Waals surface area contributed by atoms with Gasteiger partial charge in [-0.2, -0.15) is 0 Å². The second-order valence-electron chi connectivity index (χ2n) is 2.58. The highest BCUT2D eigenvalue weighted by molar-refractivity contribution is 9.10. The van der Waals surface area contributed by atoms with Gasteiger partial charge in [-0.15, -0.1) is 0 Å². The summed E-state index contributed by atoms with van der Waals surface area (Å²) in [5, 5.41) is 3.12. The minimum absolute atomic E-state index is 0.919. The lowest BCUT2D eigenvalue weighted by molar-refractivity contribution is 0.813. The van der Waals surface area contributed by atoms with E-state index in [1.807, 2.05) is 7.05 Å². The minimum Gasteiger partial charge on any atom is -0.316 e. The Morgan fingerprint density at radius 2 is 2.18 bits per heavy atom. The lowest BCUT2D eigenvalue weighted by atomic mass is 10.1. The standard InChI is InChI=1S/C9H12BrN/c1-7-4-3-5-8(6-11-2)9(7)10/h3-5,11H,6H2,1-2H3. The Balaban J connectivity index is 2.96. The van der Waals surface area contributed by atoms with E-state index in [0.29, 0.717) is 0 Å². The van der Waals surface area contributed by atoms with Gasteiger partial charge in [-0.1, -0.05) is 34.1 Å². The van der Waals surface area contributed by atoms with Crippen LogP contribution in [-0.4, -0.2) is 7.05 Å². The fourth-order valence-electron chi connectivity index (χ4n) is 1.04. The van der Waals surface area contributed by atoms with Crippen LogP contribution in [0.1, 0.15) is 11.1 Å². The van der Waals surface area contributed by atoms with Crippen LogP contribution in [0.3, 0.4) is 0 Å². The molecular formula is C9H12BrN. The van der Waals surface area contributed by atoms with Crippen LogP contribution in [0.5, 0.6) is 0 Å². The summed E-state index contributed by atoms with van der Waals surface area (Å²) >= 11 is 3.54. The van der Waals surface area contributed by atoms with E-state index in [9.17, 15) is 0 Å². The number of hydrogen-bond donors (Lipinski definition) is 1. The van der Waals surface area contributed by atoms with Crippen molar-refractivity contribution in [3.8, 4) is 0 Å². The normalized spacial score (nSPS) is 10.1. The Morgan fingerprint density at radius 1 is 1.45 bits per heavy atom. The Hall–Kier alpha value is -0.340. The van der Waals surface area contributed by atoms with Crippen LogP contribution in [0.4, 0.5) is 0 Å². The molecule has 0 heterocycles. The molecule has 1 N–H and O–H groups in total. The van der Waals surface area contributed by atoms with E-state index < -0.39 is 0 Å². The largest absolute Gasteiger partial charge is 0.316 e. The molecule has 1 aromatic rings. The maximum Gasteiger partial charge on any atom is 0.0249 e. The number of rotatable bonds is 2. The van der Waals surface area contributed by atoms with Crippen LogP contribution < -0.4 is 5.32 Å². The highest BCUT2D eigenvalue weighted by atomic mass is 79.9. The van der Waals surface area contributed by atoms with Crippen molar-refractivity contribution < 1.29 is 0 Å². The Labute approximate surface area is 75.9 Å². The maximum atomic E-state index is 3.54. The van der Waals surface area contributed by atoms with E-state index in [0.717, 1.165) is 6.54 Å². The summed E-state index contributed by atoms with van der Waals surface area (Å²) in [5.74, 6) is 0. The lowest BCUT2D eigenvalue weighted by Gasteiger charge is -2.05. The molecule has 0 spiro atoms. The van der Waals surface area contributed by atoms with Crippen LogP contribution in [0.25, 0.3) is 0 Å². The molecule has 11 heavy (non-hydrogen) atoms. The van der Waals surface area contributed by atoms with Gasteiger partial charge >= 0.3 is 0 Å². The molecule has 1 nitrogen and oxygen atoms in total. The van der Waals surface area contributed by atoms with E-state index in [2.05, 4.69) is 46.4 Å². The van der Waals surface area contributed by atoms with E-state index in [4.69, 9.17) is 0 Å². The second kappa shape index (κ2) is 3.88. The van der Waals surface area contributed by atoms with Gasteiger partial charge in [0.25, 0.3) is 0 Å². The van der Waals surface area contributed by atoms with Crippen LogP contribution in [0, 0.1) is 6.92 Å². The Bertz CT molecular complexity index is 245. The predicted octanol–water partition coefficient (Wildman–Crippen LogP) is 2.48. The van der Waals surface area contributed by atoms with Crippen molar-refractivity contribution in [2.24, 2.45) is 0 Å². The van der Waals surface area contributed by atoms with Crippen LogP contribution >= 0.6 is 15.9 Å². The lowest BCUT2D eigenvalue weighted by Crippen LogP contribution is -2.05. The zero-order valence-electron chi connectivity index (χ0n) is 6.82. The molecule has 2 heteroatoms. The summed E-state index contributed by atoms with van der Waals surface area (Å²) in [6.45, 7) is 3.02. The molecule has 60 valence electrons. The van der Waals surface area contributed by atoms with Gasteiger partial charge in [-0.25, -0.2) is 0 Å². The molecule has 0 aliphatic rings. The zero-order valence-corrected chi connectivity index (χ0v) is 8.40. The van der Waals surface area contributed by atoms with Crippen LogP contribution in [-0.2, 0) is 6.54 Å². The van der Waals surface area contributed by atoms with Crippen molar-refractivity contribution in [1.82, 2.24) is 5.32 Å². The first kappa shape index (κ1) is 8.75. The van der Waals surface area contributed by atoms with Gasteiger partial charge in [0.1, 0.15) is 0 Å². The summed E-state index contributed by atoms with van der Waals surface area (Å²) in [7, 11) is 1.95. The highest BCUT2D eigenvalue weighted by Gasteiger charge is 1.99. The fraction of sp³-hybridized carbons (Fsp3) is 0.333. The average Bonchev–Trinajstić information content (AvgIpc) is 1.99. The number of aryl methyl sites for hydroxylation is 1. The summed E-state index contributed by atoms with van der Waals surface area (Å²) < 4.78 is 1.22. The molecule has 0 amide bonds. The van der Waals surface area contributed by atoms with Gasteiger partial charge in [-0.05, 0) is 25.1 Å². The van der Waals surface area contributed by atoms with Gasteiger partial charge in [0.15, 0.2) is 0 Å². The fourth-order valence-corrected chi connectivity index (χ4v) is 1.44. The van der Waals surface area contributed by atoms with Gasteiger partial charge in [-0.3, -0.25) is 0 Å². The topological polar surface area (TPSA) is 12.0 Å². The molecule has 0 aliphatic carbocycles. The zero-order chi connectivity index (χ0) is 8.27. The first-order chi connectivity index (χ1) is 5.25. The van der Waals surface area contributed by atoms with E-state index in [-0.39, 0.29) is 0 Å². The Morgan fingerprint density at radius 3 is 2.82 bits per heavy atom. The third-order valence-corrected chi connectivity index (χ3v) is 2.77. The summed E-state index contributed by atoms with van der Waals surface area (Å²) in [6.07, 6.45) is 0. The van der Waals surface area contributed by atoms with Crippen LogP contribution in [0.15, 0.2) is 22.7 Å². The molecule has 1 aromatic carbocycles. The molecule has 0 bridgehead atoms. The molecular weight excluding hydrogens is 202 g/mol. The quantitative estimate of drug-likeness (QED) is 0.797. The molecule has 0 aliphatic heterocycles. The number of benzene rings is 1. The van der Waals surface area contributed by atoms with Crippen molar-refractivity contribution in [3.05, 3.63) is 33.8 Å². The minimum atomic E-state index is 0.919. The van der Waals surface area contributed by atoms with E-state index in [1.54, 1.807) is 0 Å². The SMILES string of the molecule is CNCc1cccc(C)c1Br. The number of nitrogens with one attached hydrogen (secondary N) is 1. The van der Waals surface area contributed by atoms with E-state index in [1.165, 1.54) is 15.6 Å². The van der Waals surface area contributed by atoms with Crippen LogP contribution in [0.2, 0.25) is 0 Å². The summed E-state index contributed by atoms with van der Waals surface area (Å²) in [6, 6.07) is 6.30. The summed E-state index contributed by atoms with van der Waals surface area (Å²) in [5.41, 5.74) is 2.60. The third kappa shape index (κ3) is 2.04. The van der Waals surface area contributed by atoms with Gasteiger partial charge in [0.05, 0.1) is 0 Å². The molecule has 0 radical (unpaired) electrons. The first-order valence-corrected chi connectivity index (χ1v) is 4.43.